The minimum absolute atomic E-state index is 1.11. The summed E-state index contributed by atoms with van der Waals surface area (Å²) in [5, 5.41) is 0. The van der Waals surface area contributed by atoms with E-state index in [1.54, 1.807) is 0 Å². The molecule has 1 radical (unpaired) electrons. The molecule has 1 aromatic heterocycles. The Hall–Kier alpha value is -0.720. The minimum atomic E-state index is 1.11. The molecule has 0 aliphatic carbocycles. The maximum Gasteiger partial charge on any atom is 0.00403 e. The fourth-order valence-corrected chi connectivity index (χ4v) is 0.699. The van der Waals surface area contributed by atoms with Crippen molar-refractivity contribution in [2.45, 2.75) is 13.3 Å². The van der Waals surface area contributed by atoms with Crippen molar-refractivity contribution in [3.8, 4) is 0 Å². The van der Waals surface area contributed by atoms with Gasteiger partial charge in [-0.1, -0.05) is 6.92 Å². The molecule has 0 bridgehead atoms. The summed E-state index contributed by atoms with van der Waals surface area (Å²) in [7, 11) is 0. The van der Waals surface area contributed by atoms with Crippen LogP contribution in [0.25, 0.3) is 0 Å². The lowest BCUT2D eigenvalue weighted by atomic mass is 10.2. The van der Waals surface area contributed by atoms with Gasteiger partial charge >= 0.3 is 0 Å². The Morgan fingerprint density at radius 3 is 3.12 bits per heavy atom. The predicted octanol–water partition coefficient (Wildman–Crippen LogP) is 1.98. The summed E-state index contributed by atoms with van der Waals surface area (Å²) in [4.78, 5) is 2.98. The zero-order valence-electron chi connectivity index (χ0n) is 5.02. The van der Waals surface area contributed by atoms with Crippen molar-refractivity contribution in [1.29, 1.82) is 0 Å². The van der Waals surface area contributed by atoms with E-state index in [4.69, 9.17) is 0 Å². The first kappa shape index (κ1) is 5.42. The molecular weight excluding hydrogens is 98.1 g/mol. The van der Waals surface area contributed by atoms with Gasteiger partial charge in [-0.3, -0.25) is 0 Å². The van der Waals surface area contributed by atoms with Crippen molar-refractivity contribution in [3.63, 3.8) is 0 Å². The molecular formula is C7H10N. The van der Waals surface area contributed by atoms with E-state index in [-0.39, 0.29) is 0 Å². The number of rotatable bonds is 2. The molecule has 1 heterocycles. The topological polar surface area (TPSA) is 15.8 Å². The fourth-order valence-electron chi connectivity index (χ4n) is 0.699. The molecule has 0 saturated heterocycles. The average molecular weight is 108 g/mol. The quantitative estimate of drug-likeness (QED) is 0.596. The van der Waals surface area contributed by atoms with Gasteiger partial charge in [0.25, 0.3) is 0 Å². The molecule has 0 atom stereocenters. The zero-order chi connectivity index (χ0) is 5.82. The van der Waals surface area contributed by atoms with Gasteiger partial charge < -0.3 is 4.98 Å². The van der Waals surface area contributed by atoms with Crippen LogP contribution in [-0.4, -0.2) is 4.98 Å². The summed E-state index contributed by atoms with van der Waals surface area (Å²) in [6, 6.07) is 2.06. The molecule has 1 nitrogen and oxygen atoms in total. The van der Waals surface area contributed by atoms with E-state index in [1.807, 2.05) is 12.4 Å². The third kappa shape index (κ3) is 1.12. The lowest BCUT2D eigenvalue weighted by Crippen LogP contribution is -1.70. The van der Waals surface area contributed by atoms with Crippen molar-refractivity contribution in [2.24, 2.45) is 0 Å². The van der Waals surface area contributed by atoms with Crippen LogP contribution in [0, 0.1) is 6.42 Å². The van der Waals surface area contributed by atoms with Crippen molar-refractivity contribution in [2.75, 3.05) is 0 Å². The van der Waals surface area contributed by atoms with Crippen LogP contribution in [0.1, 0.15) is 18.9 Å². The van der Waals surface area contributed by atoms with Crippen LogP contribution in [0.5, 0.6) is 0 Å². The van der Waals surface area contributed by atoms with Crippen LogP contribution in [0.2, 0.25) is 0 Å². The Balaban J connectivity index is 2.50. The van der Waals surface area contributed by atoms with Gasteiger partial charge in [0.2, 0.25) is 0 Å². The SMILES string of the molecule is CC[CH]c1cc[nH]c1. The van der Waals surface area contributed by atoms with E-state index >= 15 is 0 Å². The summed E-state index contributed by atoms with van der Waals surface area (Å²) in [5.41, 5.74) is 1.28. The number of aromatic amines is 1. The van der Waals surface area contributed by atoms with Crippen LogP contribution in [0.3, 0.4) is 0 Å². The highest BCUT2D eigenvalue weighted by atomic mass is 14.6. The van der Waals surface area contributed by atoms with Gasteiger partial charge in [-0.05, 0) is 24.5 Å². The second kappa shape index (κ2) is 2.55. The number of aromatic nitrogens is 1. The monoisotopic (exact) mass is 108 g/mol. The number of hydrogen-bond acceptors (Lipinski definition) is 0. The number of nitrogens with one attached hydrogen (secondary N) is 1. The summed E-state index contributed by atoms with van der Waals surface area (Å²) >= 11 is 0. The molecule has 0 saturated carbocycles. The van der Waals surface area contributed by atoms with Crippen LogP contribution >= 0.6 is 0 Å². The van der Waals surface area contributed by atoms with Crippen molar-refractivity contribution >= 4 is 0 Å². The largest absolute Gasteiger partial charge is 0.367 e. The number of H-pyrrole nitrogens is 1. The van der Waals surface area contributed by atoms with Crippen molar-refractivity contribution in [3.05, 3.63) is 30.4 Å². The molecule has 43 valence electrons. The molecule has 0 aliphatic rings. The minimum Gasteiger partial charge on any atom is -0.367 e. The molecule has 0 spiro atoms. The van der Waals surface area contributed by atoms with Gasteiger partial charge in [0.15, 0.2) is 0 Å². The summed E-state index contributed by atoms with van der Waals surface area (Å²) in [6.07, 6.45) is 7.21. The molecule has 0 amide bonds. The fraction of sp³-hybridized carbons (Fsp3) is 0.286. The van der Waals surface area contributed by atoms with Crippen LogP contribution in [-0.2, 0) is 0 Å². The zero-order valence-corrected chi connectivity index (χ0v) is 5.02. The first-order valence-electron chi connectivity index (χ1n) is 2.89. The first-order chi connectivity index (χ1) is 3.93. The van der Waals surface area contributed by atoms with Crippen LogP contribution in [0.4, 0.5) is 0 Å². The lowest BCUT2D eigenvalue weighted by Gasteiger charge is -1.85. The Bertz CT molecular complexity index is 130. The summed E-state index contributed by atoms with van der Waals surface area (Å²) < 4.78 is 0. The Kier molecular flexibility index (Phi) is 1.73. The standard InChI is InChI=1S/C7H10N/c1-2-3-7-4-5-8-6-7/h3-6,8H,2H2,1H3. The van der Waals surface area contributed by atoms with Crippen LogP contribution < -0.4 is 0 Å². The van der Waals surface area contributed by atoms with Gasteiger partial charge in [0.05, 0.1) is 0 Å². The highest BCUT2D eigenvalue weighted by Gasteiger charge is 1.86. The molecule has 1 rings (SSSR count). The van der Waals surface area contributed by atoms with Gasteiger partial charge in [0, 0.05) is 12.4 Å². The average Bonchev–Trinajstić information content (AvgIpc) is 2.19. The Labute approximate surface area is 49.7 Å². The van der Waals surface area contributed by atoms with E-state index in [2.05, 4.69) is 24.4 Å². The maximum absolute atomic E-state index is 2.98. The van der Waals surface area contributed by atoms with Crippen molar-refractivity contribution < 1.29 is 0 Å². The van der Waals surface area contributed by atoms with Gasteiger partial charge in [-0.2, -0.15) is 0 Å². The Morgan fingerprint density at radius 2 is 2.62 bits per heavy atom. The Morgan fingerprint density at radius 1 is 1.75 bits per heavy atom. The highest BCUT2D eigenvalue weighted by Crippen LogP contribution is 2.01. The smallest absolute Gasteiger partial charge is 0.00403 e. The normalized spacial score (nSPS) is 9.62. The van der Waals surface area contributed by atoms with E-state index in [9.17, 15) is 0 Å². The molecule has 0 unspecified atom stereocenters. The molecule has 0 fully saturated rings. The molecule has 0 aromatic carbocycles. The molecule has 8 heavy (non-hydrogen) atoms. The second-order valence-electron chi connectivity index (χ2n) is 1.76. The van der Waals surface area contributed by atoms with E-state index < -0.39 is 0 Å². The highest BCUT2D eigenvalue weighted by molar-refractivity contribution is 5.17. The second-order valence-corrected chi connectivity index (χ2v) is 1.76. The summed E-state index contributed by atoms with van der Waals surface area (Å²) in [6.45, 7) is 2.13. The van der Waals surface area contributed by atoms with Crippen LogP contribution in [0.15, 0.2) is 18.5 Å². The first-order valence-corrected chi connectivity index (χ1v) is 2.89. The van der Waals surface area contributed by atoms with Gasteiger partial charge in [0.1, 0.15) is 0 Å². The molecule has 1 aromatic rings. The predicted molar refractivity (Wildman–Crippen MR) is 34.5 cm³/mol. The molecule has 1 heteroatoms. The maximum atomic E-state index is 2.98. The molecule has 0 aliphatic heterocycles. The van der Waals surface area contributed by atoms with Gasteiger partial charge in [-0.15, -0.1) is 0 Å². The third-order valence-electron chi connectivity index (χ3n) is 1.06. The number of hydrogen-bond donors (Lipinski definition) is 1. The van der Waals surface area contributed by atoms with Gasteiger partial charge in [-0.25, -0.2) is 0 Å². The lowest BCUT2D eigenvalue weighted by molar-refractivity contribution is 1.12. The van der Waals surface area contributed by atoms with E-state index in [0.29, 0.717) is 0 Å². The van der Waals surface area contributed by atoms with E-state index in [1.165, 1.54) is 5.56 Å². The summed E-state index contributed by atoms with van der Waals surface area (Å²) in [5.74, 6) is 0. The third-order valence-corrected chi connectivity index (χ3v) is 1.06. The van der Waals surface area contributed by atoms with Crippen molar-refractivity contribution in [1.82, 2.24) is 4.98 Å². The molecule has 1 N–H and O–H groups in total. The van der Waals surface area contributed by atoms with E-state index in [0.717, 1.165) is 6.42 Å².